The molecule has 5 nitrogen and oxygen atoms in total. The average Bonchev–Trinajstić information content (AvgIpc) is 2.59. The van der Waals surface area contributed by atoms with Crippen molar-refractivity contribution in [1.82, 2.24) is 0 Å². The Morgan fingerprint density at radius 1 is 1.21 bits per heavy atom. The Kier molecular flexibility index (Phi) is 6.07. The Labute approximate surface area is 142 Å². The van der Waals surface area contributed by atoms with Crippen LogP contribution in [0.5, 0.6) is 11.5 Å². The molecule has 0 aromatic heterocycles. The Bertz CT molecular complexity index is 701. The van der Waals surface area contributed by atoms with Gasteiger partial charge < -0.3 is 20.5 Å². The predicted octanol–water partition coefficient (Wildman–Crippen LogP) is 3.81. The highest BCUT2D eigenvalue weighted by atomic mass is 16.5. The zero-order valence-corrected chi connectivity index (χ0v) is 14.3. The lowest BCUT2D eigenvalue weighted by atomic mass is 9.98. The molecule has 0 aliphatic carbocycles. The van der Waals surface area contributed by atoms with Gasteiger partial charge in [-0.15, -0.1) is 0 Å². The number of para-hydroxylation sites is 1. The number of hydrogen-bond donors (Lipinski definition) is 2. The van der Waals surface area contributed by atoms with Crippen molar-refractivity contribution in [3.63, 3.8) is 0 Å². The molecule has 2 aromatic rings. The number of amides is 1. The summed E-state index contributed by atoms with van der Waals surface area (Å²) in [5.74, 6) is 1.40. The Morgan fingerprint density at radius 2 is 1.96 bits per heavy atom. The lowest BCUT2D eigenvalue weighted by molar-refractivity contribution is -0.118. The summed E-state index contributed by atoms with van der Waals surface area (Å²) in [6.07, 6.45) is 1.01. The predicted molar refractivity (Wildman–Crippen MR) is 96.7 cm³/mol. The van der Waals surface area contributed by atoms with E-state index in [-0.39, 0.29) is 12.5 Å². The second-order valence-electron chi connectivity index (χ2n) is 5.64. The van der Waals surface area contributed by atoms with Crippen molar-refractivity contribution >= 4 is 17.3 Å². The van der Waals surface area contributed by atoms with Gasteiger partial charge in [-0.25, -0.2) is 0 Å². The lowest BCUT2D eigenvalue weighted by Gasteiger charge is -2.16. The number of hydrogen-bond acceptors (Lipinski definition) is 4. The molecule has 1 amide bonds. The van der Waals surface area contributed by atoms with Gasteiger partial charge in [0, 0.05) is 5.69 Å². The summed E-state index contributed by atoms with van der Waals surface area (Å²) in [5.41, 5.74) is 7.94. The Hall–Kier alpha value is -2.69. The van der Waals surface area contributed by atoms with E-state index in [2.05, 4.69) is 19.2 Å². The number of carbonyl (C=O) groups excluding carboxylic acids is 1. The van der Waals surface area contributed by atoms with Gasteiger partial charge >= 0.3 is 0 Å². The quantitative estimate of drug-likeness (QED) is 0.758. The Balaban J connectivity index is 2.03. The van der Waals surface area contributed by atoms with E-state index in [4.69, 9.17) is 15.2 Å². The molecule has 2 rings (SSSR count). The first-order valence-corrected chi connectivity index (χ1v) is 8.00. The van der Waals surface area contributed by atoms with Crippen LogP contribution in [0.2, 0.25) is 0 Å². The summed E-state index contributed by atoms with van der Waals surface area (Å²) in [4.78, 5) is 12.2. The van der Waals surface area contributed by atoms with E-state index in [1.165, 1.54) is 0 Å². The minimum atomic E-state index is -0.266. The molecular formula is C19H24N2O3. The van der Waals surface area contributed by atoms with Crippen LogP contribution in [-0.2, 0) is 4.79 Å². The minimum absolute atomic E-state index is 0.0780. The molecule has 0 bridgehead atoms. The summed E-state index contributed by atoms with van der Waals surface area (Å²) in [5, 5.41) is 2.77. The molecule has 2 aromatic carbocycles. The number of benzene rings is 2. The van der Waals surface area contributed by atoms with Gasteiger partial charge in [-0.3, -0.25) is 4.79 Å². The van der Waals surface area contributed by atoms with Gasteiger partial charge in [0.25, 0.3) is 5.91 Å². The first-order chi connectivity index (χ1) is 11.5. The topological polar surface area (TPSA) is 73.6 Å². The molecule has 3 N–H and O–H groups in total. The molecular weight excluding hydrogens is 304 g/mol. The smallest absolute Gasteiger partial charge is 0.262 e. The maximum atomic E-state index is 12.2. The second-order valence-corrected chi connectivity index (χ2v) is 5.64. The number of anilines is 2. The molecule has 0 aliphatic rings. The van der Waals surface area contributed by atoms with E-state index < -0.39 is 0 Å². The molecule has 1 atom stereocenters. The number of nitrogen functional groups attached to an aromatic ring is 1. The highest BCUT2D eigenvalue weighted by Gasteiger charge is 2.12. The number of nitrogens with two attached hydrogens (primary N) is 1. The highest BCUT2D eigenvalue weighted by molar-refractivity contribution is 5.94. The average molecular weight is 328 g/mol. The summed E-state index contributed by atoms with van der Waals surface area (Å²) < 4.78 is 10.9. The fourth-order valence-corrected chi connectivity index (χ4v) is 2.39. The third-order valence-electron chi connectivity index (χ3n) is 3.92. The number of methoxy groups -OCH3 is 1. The molecule has 0 radical (unpaired) electrons. The molecule has 0 saturated carbocycles. The van der Waals surface area contributed by atoms with Crippen LogP contribution in [0, 0.1) is 0 Å². The fourth-order valence-electron chi connectivity index (χ4n) is 2.39. The van der Waals surface area contributed by atoms with E-state index in [1.54, 1.807) is 25.3 Å². The Morgan fingerprint density at radius 3 is 2.67 bits per heavy atom. The molecule has 128 valence electrons. The molecule has 0 heterocycles. The number of nitrogens with one attached hydrogen (secondary N) is 1. The largest absolute Gasteiger partial charge is 0.495 e. The van der Waals surface area contributed by atoms with Crippen molar-refractivity contribution in [2.45, 2.75) is 26.2 Å². The van der Waals surface area contributed by atoms with Crippen molar-refractivity contribution in [2.75, 3.05) is 24.8 Å². The van der Waals surface area contributed by atoms with Crippen molar-refractivity contribution in [1.29, 1.82) is 0 Å². The summed E-state index contributed by atoms with van der Waals surface area (Å²) >= 11 is 0. The van der Waals surface area contributed by atoms with Crippen LogP contribution in [0.1, 0.15) is 31.7 Å². The van der Waals surface area contributed by atoms with Gasteiger partial charge in [0.15, 0.2) is 6.61 Å². The van der Waals surface area contributed by atoms with Crippen molar-refractivity contribution < 1.29 is 14.3 Å². The van der Waals surface area contributed by atoms with Crippen LogP contribution in [-0.4, -0.2) is 19.6 Å². The van der Waals surface area contributed by atoms with E-state index in [0.717, 1.165) is 17.7 Å². The number of rotatable bonds is 7. The summed E-state index contributed by atoms with van der Waals surface area (Å²) in [6.45, 7) is 4.19. The first kappa shape index (κ1) is 17.7. The van der Waals surface area contributed by atoms with E-state index >= 15 is 0 Å². The van der Waals surface area contributed by atoms with Crippen LogP contribution in [0.3, 0.4) is 0 Å². The maximum Gasteiger partial charge on any atom is 0.262 e. The normalized spacial score (nSPS) is 11.6. The van der Waals surface area contributed by atoms with Gasteiger partial charge in [-0.1, -0.05) is 32.0 Å². The van der Waals surface area contributed by atoms with Crippen LogP contribution in [0.25, 0.3) is 0 Å². The molecule has 0 saturated heterocycles. The van der Waals surface area contributed by atoms with E-state index in [1.807, 2.05) is 24.3 Å². The summed E-state index contributed by atoms with van der Waals surface area (Å²) in [7, 11) is 1.54. The second kappa shape index (κ2) is 8.24. The minimum Gasteiger partial charge on any atom is -0.495 e. The SMILES string of the molecule is CC[C@H](C)c1ccccc1OCC(=O)Nc1cc(N)ccc1OC. The van der Waals surface area contributed by atoms with Crippen LogP contribution in [0.15, 0.2) is 42.5 Å². The maximum absolute atomic E-state index is 12.2. The van der Waals surface area contributed by atoms with Crippen LogP contribution < -0.4 is 20.5 Å². The van der Waals surface area contributed by atoms with Gasteiger partial charge in [0.1, 0.15) is 11.5 Å². The molecule has 5 heteroatoms. The lowest BCUT2D eigenvalue weighted by Crippen LogP contribution is -2.21. The molecule has 0 fully saturated rings. The standard InChI is InChI=1S/C19H24N2O3/c1-4-13(2)15-7-5-6-8-17(15)24-12-19(22)21-16-11-14(20)9-10-18(16)23-3/h5-11,13H,4,12,20H2,1-3H3,(H,21,22)/t13-/m0/s1. The van der Waals surface area contributed by atoms with Crippen molar-refractivity contribution in [3.05, 3.63) is 48.0 Å². The highest BCUT2D eigenvalue weighted by Crippen LogP contribution is 2.29. The molecule has 0 aliphatic heterocycles. The van der Waals surface area contributed by atoms with Crippen LogP contribution >= 0.6 is 0 Å². The first-order valence-electron chi connectivity index (χ1n) is 8.00. The third-order valence-corrected chi connectivity index (χ3v) is 3.92. The van der Waals surface area contributed by atoms with E-state index in [0.29, 0.717) is 23.0 Å². The van der Waals surface area contributed by atoms with E-state index in [9.17, 15) is 4.79 Å². The number of ether oxygens (including phenoxy) is 2. The zero-order valence-electron chi connectivity index (χ0n) is 14.3. The summed E-state index contributed by atoms with van der Waals surface area (Å²) in [6, 6.07) is 12.9. The van der Waals surface area contributed by atoms with Gasteiger partial charge in [0.2, 0.25) is 0 Å². The van der Waals surface area contributed by atoms with Gasteiger partial charge in [-0.05, 0) is 42.2 Å². The number of carbonyl (C=O) groups is 1. The van der Waals surface area contributed by atoms with Crippen molar-refractivity contribution in [3.8, 4) is 11.5 Å². The molecule has 0 unspecified atom stereocenters. The van der Waals surface area contributed by atoms with Gasteiger partial charge in [-0.2, -0.15) is 0 Å². The fraction of sp³-hybridized carbons (Fsp3) is 0.316. The monoisotopic (exact) mass is 328 g/mol. The zero-order chi connectivity index (χ0) is 17.5. The van der Waals surface area contributed by atoms with Gasteiger partial charge in [0.05, 0.1) is 12.8 Å². The third kappa shape index (κ3) is 4.41. The van der Waals surface area contributed by atoms with Crippen molar-refractivity contribution in [2.24, 2.45) is 0 Å². The van der Waals surface area contributed by atoms with Crippen LogP contribution in [0.4, 0.5) is 11.4 Å². The molecule has 0 spiro atoms. The molecule has 24 heavy (non-hydrogen) atoms.